The highest BCUT2D eigenvalue weighted by molar-refractivity contribution is 6.30. The van der Waals surface area contributed by atoms with Gasteiger partial charge in [0.05, 0.1) is 0 Å². The van der Waals surface area contributed by atoms with E-state index in [1.54, 1.807) is 0 Å². The van der Waals surface area contributed by atoms with Crippen LogP contribution in [0.1, 0.15) is 30.9 Å². The lowest BCUT2D eigenvalue weighted by atomic mass is 10.1. The van der Waals surface area contributed by atoms with E-state index >= 15 is 0 Å². The van der Waals surface area contributed by atoms with Gasteiger partial charge in [-0.2, -0.15) is 0 Å². The monoisotopic (exact) mass is 392 g/mol. The first kappa shape index (κ1) is 19.5. The van der Waals surface area contributed by atoms with Crippen LogP contribution in [-0.4, -0.2) is 30.6 Å². The van der Waals surface area contributed by atoms with Gasteiger partial charge in [0.15, 0.2) is 0 Å². The highest BCUT2D eigenvalue weighted by atomic mass is 35.5. The van der Waals surface area contributed by atoms with Crippen molar-refractivity contribution in [3.05, 3.63) is 63.6 Å². The molecule has 0 spiro atoms. The Bertz CT molecular complexity index is 723. The Morgan fingerprint density at radius 1 is 1.15 bits per heavy atom. The van der Waals surface area contributed by atoms with E-state index in [0.29, 0.717) is 12.6 Å². The number of rotatable bonds is 8. The van der Waals surface area contributed by atoms with Crippen molar-refractivity contribution in [2.24, 2.45) is 0 Å². The number of hydrogen-bond donors (Lipinski definition) is 1. The van der Waals surface area contributed by atoms with Crippen LogP contribution in [0.2, 0.25) is 10.0 Å². The van der Waals surface area contributed by atoms with Crippen molar-refractivity contribution < 1.29 is 4.74 Å². The summed E-state index contributed by atoms with van der Waals surface area (Å²) in [6.45, 7) is 6.80. The molecular formula is C21H26Cl2N2O. The maximum absolute atomic E-state index is 6.20. The Morgan fingerprint density at radius 2 is 2.00 bits per heavy atom. The van der Waals surface area contributed by atoms with Crippen molar-refractivity contribution >= 4 is 23.2 Å². The first-order valence-electron chi connectivity index (χ1n) is 9.26. The Hall–Kier alpha value is -1.26. The van der Waals surface area contributed by atoms with Gasteiger partial charge in [0.25, 0.3) is 0 Å². The highest BCUT2D eigenvalue weighted by Gasteiger charge is 2.22. The number of halogens is 2. The van der Waals surface area contributed by atoms with Gasteiger partial charge in [-0.15, -0.1) is 0 Å². The SMILES string of the molecule is CCN1CCC[C@@H]1CNCc1cc(Cl)ccc1OCc1cccc(Cl)c1. The van der Waals surface area contributed by atoms with Crippen molar-refractivity contribution in [3.8, 4) is 5.75 Å². The van der Waals surface area contributed by atoms with Crippen LogP contribution in [0.3, 0.4) is 0 Å². The molecule has 1 N–H and O–H groups in total. The van der Waals surface area contributed by atoms with Crippen LogP contribution in [0.15, 0.2) is 42.5 Å². The lowest BCUT2D eigenvalue weighted by molar-refractivity contribution is 0.259. The summed E-state index contributed by atoms with van der Waals surface area (Å²) in [5.41, 5.74) is 2.14. The van der Waals surface area contributed by atoms with Crippen molar-refractivity contribution in [1.82, 2.24) is 10.2 Å². The molecule has 3 rings (SSSR count). The van der Waals surface area contributed by atoms with Crippen LogP contribution < -0.4 is 10.1 Å². The average molecular weight is 393 g/mol. The van der Waals surface area contributed by atoms with E-state index in [2.05, 4.69) is 17.1 Å². The van der Waals surface area contributed by atoms with Gasteiger partial charge in [0, 0.05) is 34.7 Å². The maximum Gasteiger partial charge on any atom is 0.124 e. The van der Waals surface area contributed by atoms with Gasteiger partial charge in [-0.3, -0.25) is 4.90 Å². The van der Waals surface area contributed by atoms with E-state index in [-0.39, 0.29) is 0 Å². The zero-order chi connectivity index (χ0) is 18.4. The van der Waals surface area contributed by atoms with E-state index in [4.69, 9.17) is 27.9 Å². The molecule has 140 valence electrons. The zero-order valence-corrected chi connectivity index (χ0v) is 16.7. The molecule has 0 saturated carbocycles. The minimum Gasteiger partial charge on any atom is -0.489 e. The molecule has 0 bridgehead atoms. The van der Waals surface area contributed by atoms with Crippen LogP contribution in [0.25, 0.3) is 0 Å². The van der Waals surface area contributed by atoms with Gasteiger partial charge in [-0.25, -0.2) is 0 Å². The summed E-state index contributed by atoms with van der Waals surface area (Å²) < 4.78 is 6.03. The third kappa shape index (κ3) is 5.37. The van der Waals surface area contributed by atoms with Gasteiger partial charge >= 0.3 is 0 Å². The third-order valence-electron chi connectivity index (χ3n) is 4.91. The topological polar surface area (TPSA) is 24.5 Å². The summed E-state index contributed by atoms with van der Waals surface area (Å²) >= 11 is 12.2. The summed E-state index contributed by atoms with van der Waals surface area (Å²) in [7, 11) is 0. The molecule has 1 fully saturated rings. The number of benzene rings is 2. The molecule has 1 aliphatic heterocycles. The second kappa shape index (κ2) is 9.61. The van der Waals surface area contributed by atoms with Crippen LogP contribution in [-0.2, 0) is 13.2 Å². The largest absolute Gasteiger partial charge is 0.489 e. The van der Waals surface area contributed by atoms with Crippen LogP contribution in [0.5, 0.6) is 5.75 Å². The van der Waals surface area contributed by atoms with Gasteiger partial charge in [0.1, 0.15) is 12.4 Å². The molecule has 0 aromatic heterocycles. The predicted octanol–water partition coefficient (Wildman–Crippen LogP) is 5.15. The second-order valence-corrected chi connectivity index (χ2v) is 7.60. The Morgan fingerprint density at radius 3 is 2.81 bits per heavy atom. The minimum atomic E-state index is 0.488. The number of likely N-dealkylation sites (tertiary alicyclic amines) is 1. The predicted molar refractivity (Wildman–Crippen MR) is 109 cm³/mol. The molecular weight excluding hydrogens is 367 g/mol. The molecule has 1 atom stereocenters. The summed E-state index contributed by atoms with van der Waals surface area (Å²) in [4.78, 5) is 2.54. The van der Waals surface area contributed by atoms with E-state index in [0.717, 1.165) is 46.6 Å². The zero-order valence-electron chi connectivity index (χ0n) is 15.2. The van der Waals surface area contributed by atoms with Gasteiger partial charge in [-0.05, 0) is 61.8 Å². The van der Waals surface area contributed by atoms with E-state index in [9.17, 15) is 0 Å². The molecule has 0 amide bonds. The molecule has 2 aromatic carbocycles. The van der Waals surface area contributed by atoms with E-state index in [1.165, 1.54) is 19.4 Å². The van der Waals surface area contributed by atoms with Gasteiger partial charge in [-0.1, -0.05) is 42.3 Å². The molecule has 0 aliphatic carbocycles. The van der Waals surface area contributed by atoms with Crippen molar-refractivity contribution in [2.45, 2.75) is 39.0 Å². The molecule has 1 aliphatic rings. The number of hydrogen-bond acceptors (Lipinski definition) is 3. The summed E-state index contributed by atoms with van der Waals surface area (Å²) in [6, 6.07) is 14.2. The minimum absolute atomic E-state index is 0.488. The van der Waals surface area contributed by atoms with E-state index in [1.807, 2.05) is 42.5 Å². The number of likely N-dealkylation sites (N-methyl/N-ethyl adjacent to an activating group) is 1. The van der Waals surface area contributed by atoms with Crippen LogP contribution >= 0.6 is 23.2 Å². The van der Waals surface area contributed by atoms with E-state index < -0.39 is 0 Å². The fourth-order valence-corrected chi connectivity index (χ4v) is 3.94. The Labute approximate surface area is 166 Å². The smallest absolute Gasteiger partial charge is 0.124 e. The van der Waals surface area contributed by atoms with Crippen molar-refractivity contribution in [3.63, 3.8) is 0 Å². The maximum atomic E-state index is 6.20. The molecule has 1 saturated heterocycles. The Kier molecular flexibility index (Phi) is 7.21. The highest BCUT2D eigenvalue weighted by Crippen LogP contribution is 2.24. The Balaban J connectivity index is 1.58. The number of nitrogens with one attached hydrogen (secondary N) is 1. The molecule has 26 heavy (non-hydrogen) atoms. The van der Waals surface area contributed by atoms with Crippen LogP contribution in [0.4, 0.5) is 0 Å². The summed E-state index contributed by atoms with van der Waals surface area (Å²) in [5, 5.41) is 5.03. The lowest BCUT2D eigenvalue weighted by Crippen LogP contribution is -2.37. The number of ether oxygens (including phenoxy) is 1. The molecule has 5 heteroatoms. The van der Waals surface area contributed by atoms with Gasteiger partial charge < -0.3 is 10.1 Å². The normalized spacial score (nSPS) is 17.6. The fraction of sp³-hybridized carbons (Fsp3) is 0.429. The number of nitrogens with zero attached hydrogens (tertiary/aromatic N) is 1. The van der Waals surface area contributed by atoms with Gasteiger partial charge in [0.2, 0.25) is 0 Å². The average Bonchev–Trinajstić information content (AvgIpc) is 3.08. The summed E-state index contributed by atoms with van der Waals surface area (Å²) in [6.07, 6.45) is 2.57. The standard InChI is InChI=1S/C21H26Cl2N2O/c1-2-25-10-4-7-20(25)14-24-13-17-12-19(23)8-9-21(17)26-15-16-5-3-6-18(22)11-16/h3,5-6,8-9,11-12,20,24H,2,4,7,10,13-15H2,1H3/t20-/m1/s1. The molecule has 0 radical (unpaired) electrons. The molecule has 3 nitrogen and oxygen atoms in total. The molecule has 0 unspecified atom stereocenters. The summed E-state index contributed by atoms with van der Waals surface area (Å²) in [5.74, 6) is 0.862. The van der Waals surface area contributed by atoms with Crippen molar-refractivity contribution in [1.29, 1.82) is 0 Å². The first-order valence-corrected chi connectivity index (χ1v) is 10.0. The third-order valence-corrected chi connectivity index (χ3v) is 5.38. The fourth-order valence-electron chi connectivity index (χ4n) is 3.53. The second-order valence-electron chi connectivity index (χ2n) is 6.73. The molecule has 2 aromatic rings. The van der Waals surface area contributed by atoms with Crippen LogP contribution in [0, 0.1) is 0 Å². The quantitative estimate of drug-likeness (QED) is 0.672. The lowest BCUT2D eigenvalue weighted by Gasteiger charge is -2.23. The van der Waals surface area contributed by atoms with Crippen molar-refractivity contribution in [2.75, 3.05) is 19.6 Å². The first-order chi connectivity index (χ1) is 12.7. The molecule has 1 heterocycles.